The fourth-order valence-corrected chi connectivity index (χ4v) is 4.42. The zero-order chi connectivity index (χ0) is 20.9. The predicted octanol–water partition coefficient (Wildman–Crippen LogP) is 1.23. The van der Waals surface area contributed by atoms with Gasteiger partial charge in [0.25, 0.3) is 0 Å². The molecule has 0 aliphatic carbocycles. The number of nitrogens with zero attached hydrogens (tertiary/aromatic N) is 4. The second kappa shape index (κ2) is 6.76. The van der Waals surface area contributed by atoms with E-state index in [0.717, 1.165) is 0 Å². The molecule has 2 aromatic rings. The average Bonchev–Trinajstić information content (AvgIpc) is 3.15. The van der Waals surface area contributed by atoms with E-state index in [1.807, 2.05) is 0 Å². The molecule has 2 aromatic heterocycles. The van der Waals surface area contributed by atoms with E-state index < -0.39 is 32.9 Å². The van der Waals surface area contributed by atoms with Gasteiger partial charge in [0.05, 0.1) is 19.0 Å². The number of aromatic nitrogens is 4. The van der Waals surface area contributed by atoms with E-state index in [4.69, 9.17) is 20.6 Å². The molecule has 0 saturated carbocycles. The Balaban J connectivity index is 1.99. The van der Waals surface area contributed by atoms with Gasteiger partial charge in [0.2, 0.25) is 5.95 Å². The second-order valence-corrected chi connectivity index (χ2v) is 13.5. The van der Waals surface area contributed by atoms with Crippen molar-refractivity contribution in [3.05, 3.63) is 6.33 Å². The van der Waals surface area contributed by atoms with Crippen LogP contribution in [0.1, 0.15) is 33.4 Å². The summed E-state index contributed by atoms with van der Waals surface area (Å²) in [6.45, 7) is 10.0. The number of nitrogens with two attached hydrogens (primary N) is 2. The summed E-state index contributed by atoms with van der Waals surface area (Å²) in [4.78, 5) is 24.3. The summed E-state index contributed by atoms with van der Waals surface area (Å²) in [6.07, 6.45) is 1.27. The van der Waals surface area contributed by atoms with Crippen LogP contribution in [0.2, 0.25) is 18.1 Å². The minimum Gasteiger partial charge on any atom is -0.410 e. The number of aliphatic hydroxyl groups is 1. The number of rotatable bonds is 5. The number of anilines is 2. The van der Waals surface area contributed by atoms with Gasteiger partial charge in [-0.2, -0.15) is 9.97 Å². The van der Waals surface area contributed by atoms with Crippen LogP contribution >= 0.6 is 0 Å². The molecule has 5 N–H and O–H groups in total. The lowest BCUT2D eigenvalue weighted by Crippen LogP contribution is -2.53. The standard InChI is InChI=1S/C17H28N6O4Si/c1-16(2,3)28(4,5)27-10-6-11(26-17(10,7-24)8-25)23-9-20-12-13(18)21-15(19)22-14(12)23/h7,9-11,25H,6,8H2,1-5H3,(H4,18,19,21,22)/t10-,11+,17+/m0/s1. The SMILES string of the molecule is CC(C)(C)[Si](C)(C)O[C@H]1C[C@H](n2cnc3c(N)nc(N)nc32)O[C@]1(C=O)CO. The molecule has 11 heteroatoms. The van der Waals surface area contributed by atoms with Crippen LogP contribution in [0.15, 0.2) is 6.33 Å². The highest BCUT2D eigenvalue weighted by Crippen LogP contribution is 2.44. The smallest absolute Gasteiger partial charge is 0.224 e. The van der Waals surface area contributed by atoms with Crippen molar-refractivity contribution in [1.29, 1.82) is 0 Å². The van der Waals surface area contributed by atoms with Gasteiger partial charge in [-0.1, -0.05) is 20.8 Å². The van der Waals surface area contributed by atoms with Crippen molar-refractivity contribution in [3.8, 4) is 0 Å². The normalized spacial score (nSPS) is 26.1. The molecule has 154 valence electrons. The first kappa shape index (κ1) is 20.6. The van der Waals surface area contributed by atoms with Crippen LogP contribution in [-0.4, -0.2) is 57.5 Å². The van der Waals surface area contributed by atoms with Gasteiger partial charge in [0, 0.05) is 6.42 Å². The summed E-state index contributed by atoms with van der Waals surface area (Å²) in [5.74, 6) is 0.180. The van der Waals surface area contributed by atoms with E-state index in [2.05, 4.69) is 48.8 Å². The quantitative estimate of drug-likeness (QED) is 0.490. The van der Waals surface area contributed by atoms with Crippen LogP contribution in [0, 0.1) is 0 Å². The van der Waals surface area contributed by atoms with Crippen molar-refractivity contribution in [2.24, 2.45) is 0 Å². The Morgan fingerprint density at radius 1 is 1.43 bits per heavy atom. The molecule has 1 fully saturated rings. The molecule has 0 unspecified atom stereocenters. The fraction of sp³-hybridized carbons (Fsp3) is 0.647. The second-order valence-electron chi connectivity index (χ2n) is 8.70. The molecule has 3 heterocycles. The summed E-state index contributed by atoms with van der Waals surface area (Å²) in [5, 5.41) is 9.93. The Bertz CT molecular complexity index is 896. The van der Waals surface area contributed by atoms with Crippen LogP contribution in [-0.2, 0) is 14.0 Å². The van der Waals surface area contributed by atoms with Crippen LogP contribution < -0.4 is 11.5 Å². The maximum atomic E-state index is 12.0. The van der Waals surface area contributed by atoms with Crippen LogP contribution in [0.25, 0.3) is 11.2 Å². The van der Waals surface area contributed by atoms with E-state index in [1.54, 1.807) is 4.57 Å². The van der Waals surface area contributed by atoms with Gasteiger partial charge in [0.15, 0.2) is 31.7 Å². The molecule has 0 spiro atoms. The molecule has 3 rings (SSSR count). The summed E-state index contributed by atoms with van der Waals surface area (Å²) in [6, 6.07) is 0. The van der Waals surface area contributed by atoms with Crippen LogP contribution in [0.4, 0.5) is 11.8 Å². The Kier molecular flexibility index (Phi) is 4.98. The maximum absolute atomic E-state index is 12.0. The Morgan fingerprint density at radius 3 is 2.68 bits per heavy atom. The van der Waals surface area contributed by atoms with E-state index in [1.165, 1.54) is 6.33 Å². The lowest BCUT2D eigenvalue weighted by molar-refractivity contribution is -0.150. The van der Waals surface area contributed by atoms with Gasteiger partial charge in [-0.25, -0.2) is 4.98 Å². The maximum Gasteiger partial charge on any atom is 0.224 e. The molecule has 1 aliphatic heterocycles. The first-order valence-corrected chi connectivity index (χ1v) is 12.0. The minimum absolute atomic E-state index is 0.0163. The van der Waals surface area contributed by atoms with Gasteiger partial charge < -0.3 is 25.7 Å². The number of ether oxygens (including phenoxy) is 1. The Morgan fingerprint density at radius 2 is 2.11 bits per heavy atom. The van der Waals surface area contributed by atoms with E-state index in [-0.39, 0.29) is 16.8 Å². The number of aldehydes is 1. The topological polar surface area (TPSA) is 151 Å². The molecule has 0 bridgehead atoms. The highest BCUT2D eigenvalue weighted by molar-refractivity contribution is 6.74. The number of carbonyl (C=O) groups excluding carboxylic acids is 1. The van der Waals surface area contributed by atoms with Crippen molar-refractivity contribution >= 4 is 37.5 Å². The number of imidazole rings is 1. The third-order valence-corrected chi connectivity index (χ3v) is 10.3. The Labute approximate surface area is 164 Å². The van der Waals surface area contributed by atoms with Crippen LogP contribution in [0.5, 0.6) is 0 Å². The molecule has 0 aromatic carbocycles. The Hall–Kier alpha value is -2.08. The van der Waals surface area contributed by atoms with E-state index >= 15 is 0 Å². The average molecular weight is 409 g/mol. The number of hydrogen-bond donors (Lipinski definition) is 3. The zero-order valence-corrected chi connectivity index (χ0v) is 17.8. The van der Waals surface area contributed by atoms with Gasteiger partial charge in [0.1, 0.15) is 11.7 Å². The molecule has 1 aliphatic rings. The first-order valence-electron chi connectivity index (χ1n) is 9.12. The molecular weight excluding hydrogens is 380 g/mol. The highest BCUT2D eigenvalue weighted by atomic mass is 28.4. The third-order valence-electron chi connectivity index (χ3n) is 5.78. The molecule has 0 amide bonds. The van der Waals surface area contributed by atoms with E-state index in [9.17, 15) is 9.90 Å². The molecule has 3 atom stereocenters. The molecule has 10 nitrogen and oxygen atoms in total. The predicted molar refractivity (Wildman–Crippen MR) is 107 cm³/mol. The summed E-state index contributed by atoms with van der Waals surface area (Å²) >= 11 is 0. The van der Waals surface area contributed by atoms with Gasteiger partial charge in [-0.3, -0.25) is 9.36 Å². The van der Waals surface area contributed by atoms with Crippen molar-refractivity contribution < 1.29 is 19.1 Å². The van der Waals surface area contributed by atoms with Gasteiger partial charge >= 0.3 is 0 Å². The molecule has 1 saturated heterocycles. The van der Waals surface area contributed by atoms with Gasteiger partial charge in [-0.15, -0.1) is 0 Å². The lowest BCUT2D eigenvalue weighted by atomic mass is 10.00. The van der Waals surface area contributed by atoms with E-state index in [0.29, 0.717) is 23.9 Å². The number of aliphatic hydroxyl groups excluding tert-OH is 1. The van der Waals surface area contributed by atoms with Gasteiger partial charge in [-0.05, 0) is 18.1 Å². The zero-order valence-electron chi connectivity index (χ0n) is 16.8. The van der Waals surface area contributed by atoms with Crippen molar-refractivity contribution in [2.75, 3.05) is 18.1 Å². The van der Waals surface area contributed by atoms with Crippen molar-refractivity contribution in [1.82, 2.24) is 19.5 Å². The monoisotopic (exact) mass is 408 g/mol. The molecule has 28 heavy (non-hydrogen) atoms. The lowest BCUT2D eigenvalue weighted by Gasteiger charge is -2.40. The van der Waals surface area contributed by atoms with Crippen LogP contribution in [0.3, 0.4) is 0 Å². The summed E-state index contributed by atoms with van der Waals surface area (Å²) in [5.41, 5.74) is 10.9. The minimum atomic E-state index is -2.22. The largest absolute Gasteiger partial charge is 0.410 e. The number of nitrogen functional groups attached to an aromatic ring is 2. The third kappa shape index (κ3) is 3.28. The highest BCUT2D eigenvalue weighted by Gasteiger charge is 2.53. The number of carbonyl (C=O) groups is 1. The summed E-state index contributed by atoms with van der Waals surface area (Å²) < 4.78 is 14.1. The van der Waals surface area contributed by atoms with Crippen molar-refractivity contribution in [3.63, 3.8) is 0 Å². The first-order chi connectivity index (χ1) is 12.9. The number of hydrogen-bond acceptors (Lipinski definition) is 9. The molecule has 0 radical (unpaired) electrons. The van der Waals surface area contributed by atoms with Crippen molar-refractivity contribution in [2.45, 2.75) is 63.3 Å². The molecular formula is C17H28N6O4Si. The number of fused-ring (bicyclic) bond motifs is 1. The summed E-state index contributed by atoms with van der Waals surface area (Å²) in [7, 11) is -2.22. The fourth-order valence-electron chi connectivity index (χ4n) is 3.06.